The molecule has 1 fully saturated rings. The van der Waals surface area contributed by atoms with Crippen LogP contribution in [0.2, 0.25) is 0 Å². The Morgan fingerprint density at radius 2 is 1.72 bits per heavy atom. The average Bonchev–Trinajstić information content (AvgIpc) is 2.39. The first-order valence-electron chi connectivity index (χ1n) is 6.50. The van der Waals surface area contributed by atoms with Gasteiger partial charge in [-0.3, -0.25) is 9.69 Å². The van der Waals surface area contributed by atoms with Gasteiger partial charge in [-0.25, -0.2) is 0 Å². The van der Waals surface area contributed by atoms with Gasteiger partial charge in [0.15, 0.2) is 0 Å². The lowest BCUT2D eigenvalue weighted by Crippen LogP contribution is -2.47. The highest BCUT2D eigenvalue weighted by atomic mass is 16.1. The maximum Gasteiger partial charge on any atom is 0.150 e. The van der Waals surface area contributed by atoms with E-state index in [0.717, 1.165) is 44.6 Å². The van der Waals surface area contributed by atoms with Gasteiger partial charge in [0.1, 0.15) is 6.29 Å². The number of hydrogen-bond acceptors (Lipinski definition) is 3. The second-order valence-electron chi connectivity index (χ2n) is 5.18. The summed E-state index contributed by atoms with van der Waals surface area (Å²) in [5, 5.41) is 0. The number of hydrogen-bond donors (Lipinski definition) is 0. The van der Waals surface area contributed by atoms with E-state index < -0.39 is 0 Å². The van der Waals surface area contributed by atoms with Crippen molar-refractivity contribution >= 4 is 12.0 Å². The first kappa shape index (κ1) is 13.1. The van der Waals surface area contributed by atoms with Crippen LogP contribution >= 0.6 is 0 Å². The molecule has 0 spiro atoms. The lowest BCUT2D eigenvalue weighted by molar-refractivity contribution is 0.112. The van der Waals surface area contributed by atoms with E-state index in [2.05, 4.69) is 23.6 Å². The van der Waals surface area contributed by atoms with Crippen molar-refractivity contribution in [3.05, 3.63) is 35.7 Å². The summed E-state index contributed by atoms with van der Waals surface area (Å²) in [5.74, 6) is 1.47. The number of anilines is 1. The van der Waals surface area contributed by atoms with Gasteiger partial charge >= 0.3 is 0 Å². The van der Waals surface area contributed by atoms with Crippen LogP contribution in [0.15, 0.2) is 24.3 Å². The van der Waals surface area contributed by atoms with Crippen molar-refractivity contribution < 1.29 is 4.79 Å². The van der Waals surface area contributed by atoms with Crippen LogP contribution in [0, 0.1) is 5.92 Å². The van der Waals surface area contributed by atoms with Gasteiger partial charge < -0.3 is 4.90 Å². The van der Waals surface area contributed by atoms with Crippen molar-refractivity contribution in [2.75, 3.05) is 37.6 Å². The Labute approximate surface area is 109 Å². The number of rotatable bonds is 4. The minimum Gasteiger partial charge on any atom is -0.369 e. The summed E-state index contributed by atoms with van der Waals surface area (Å²) in [6.45, 7) is 9.83. The van der Waals surface area contributed by atoms with E-state index in [0.29, 0.717) is 0 Å². The average molecular weight is 245 g/mol. The van der Waals surface area contributed by atoms with Gasteiger partial charge in [-0.2, -0.15) is 0 Å². The molecule has 97 valence electrons. The first-order valence-corrected chi connectivity index (χ1v) is 6.50. The summed E-state index contributed by atoms with van der Waals surface area (Å²) < 4.78 is 0. The van der Waals surface area contributed by atoms with Gasteiger partial charge in [-0.05, 0) is 30.2 Å². The van der Waals surface area contributed by atoms with E-state index in [4.69, 9.17) is 0 Å². The van der Waals surface area contributed by atoms with Gasteiger partial charge in [-0.1, -0.05) is 13.8 Å². The first-order chi connectivity index (χ1) is 8.69. The standard InChI is InChI=1S/C15H21N2O/c1-13(2)11-16-7-9-17(10-8-16)15-5-3-14(12-18)4-6-15/h3-6,12H,7-11H2,1-2H3. The molecule has 1 aromatic rings. The lowest BCUT2D eigenvalue weighted by Gasteiger charge is -2.36. The molecule has 1 radical (unpaired) electrons. The largest absolute Gasteiger partial charge is 0.369 e. The van der Waals surface area contributed by atoms with E-state index in [-0.39, 0.29) is 0 Å². The highest BCUT2D eigenvalue weighted by Crippen LogP contribution is 2.17. The molecule has 0 saturated carbocycles. The van der Waals surface area contributed by atoms with Crippen LogP contribution in [0.4, 0.5) is 5.69 Å². The molecule has 2 rings (SSSR count). The zero-order chi connectivity index (χ0) is 13.0. The Kier molecular flexibility index (Phi) is 4.37. The minimum absolute atomic E-state index is 0.744. The third kappa shape index (κ3) is 3.33. The van der Waals surface area contributed by atoms with Crippen molar-refractivity contribution in [2.45, 2.75) is 13.8 Å². The Hall–Kier alpha value is -1.35. The van der Waals surface area contributed by atoms with E-state index in [1.54, 1.807) is 0 Å². The summed E-state index contributed by atoms with van der Waals surface area (Å²) in [4.78, 5) is 15.5. The number of piperazine rings is 1. The fraction of sp³-hybridized carbons (Fsp3) is 0.467. The van der Waals surface area contributed by atoms with Crippen LogP contribution in [-0.4, -0.2) is 43.9 Å². The van der Waals surface area contributed by atoms with Gasteiger partial charge in [-0.15, -0.1) is 0 Å². The number of carbonyl (C=O) groups excluding carboxylic acids is 1. The third-order valence-electron chi connectivity index (χ3n) is 3.31. The zero-order valence-electron chi connectivity index (χ0n) is 11.2. The molecule has 1 saturated heterocycles. The predicted octanol–water partition coefficient (Wildman–Crippen LogP) is 2.24. The second-order valence-corrected chi connectivity index (χ2v) is 5.18. The molecule has 1 aliphatic rings. The molecule has 18 heavy (non-hydrogen) atoms. The van der Waals surface area contributed by atoms with Crippen molar-refractivity contribution in [2.24, 2.45) is 0 Å². The summed E-state index contributed by atoms with van der Waals surface area (Å²) in [5.41, 5.74) is 1.96. The topological polar surface area (TPSA) is 23.6 Å². The molecule has 1 aromatic carbocycles. The summed E-state index contributed by atoms with van der Waals surface area (Å²) in [7, 11) is 0. The molecule has 3 nitrogen and oxygen atoms in total. The highest BCUT2D eigenvalue weighted by Gasteiger charge is 2.17. The minimum atomic E-state index is 0.744. The molecule has 0 unspecified atom stereocenters. The second kappa shape index (κ2) is 6.01. The summed E-state index contributed by atoms with van der Waals surface area (Å²) in [6.07, 6.45) is 0.890. The fourth-order valence-corrected chi connectivity index (χ4v) is 2.38. The van der Waals surface area contributed by atoms with Gasteiger partial charge in [0, 0.05) is 44.0 Å². The number of nitrogens with zero attached hydrogens (tertiary/aromatic N) is 2. The smallest absolute Gasteiger partial charge is 0.150 e. The third-order valence-corrected chi connectivity index (χ3v) is 3.31. The summed E-state index contributed by atoms with van der Waals surface area (Å²) in [6, 6.07) is 7.85. The molecule has 0 bridgehead atoms. The number of aldehydes is 1. The van der Waals surface area contributed by atoms with Crippen molar-refractivity contribution in [1.82, 2.24) is 4.90 Å². The quantitative estimate of drug-likeness (QED) is 0.760. The van der Waals surface area contributed by atoms with Crippen molar-refractivity contribution in [3.8, 4) is 0 Å². The van der Waals surface area contributed by atoms with Crippen LogP contribution in [0.25, 0.3) is 0 Å². The summed E-state index contributed by atoms with van der Waals surface area (Å²) >= 11 is 0. The van der Waals surface area contributed by atoms with Crippen molar-refractivity contribution in [1.29, 1.82) is 0 Å². The molecule has 0 atom stereocenters. The van der Waals surface area contributed by atoms with Crippen LogP contribution in [0.1, 0.15) is 24.2 Å². The van der Waals surface area contributed by atoms with Gasteiger partial charge in [0.2, 0.25) is 0 Å². The number of carbonyl (C=O) groups is 1. The Morgan fingerprint density at radius 1 is 1.11 bits per heavy atom. The van der Waals surface area contributed by atoms with Crippen LogP contribution in [0.3, 0.4) is 0 Å². The van der Waals surface area contributed by atoms with Gasteiger partial charge in [0.05, 0.1) is 0 Å². The Morgan fingerprint density at radius 3 is 2.22 bits per heavy atom. The lowest BCUT2D eigenvalue weighted by atomic mass is 10.1. The Balaban J connectivity index is 1.90. The van der Waals surface area contributed by atoms with Crippen molar-refractivity contribution in [3.63, 3.8) is 0 Å². The predicted molar refractivity (Wildman–Crippen MR) is 75.1 cm³/mol. The van der Waals surface area contributed by atoms with Gasteiger partial charge in [0.25, 0.3) is 0 Å². The van der Waals surface area contributed by atoms with E-state index in [9.17, 15) is 4.79 Å². The molecule has 0 aliphatic carbocycles. The molecule has 1 aliphatic heterocycles. The maximum absolute atomic E-state index is 10.6. The molecular weight excluding hydrogens is 224 g/mol. The fourth-order valence-electron chi connectivity index (χ4n) is 2.38. The Bertz CT molecular complexity index is 378. The SMILES string of the molecule is C[C](C)CN1CCN(c2ccc(C=O)cc2)CC1. The molecule has 0 aromatic heterocycles. The number of benzene rings is 1. The van der Waals surface area contributed by atoms with Crippen LogP contribution in [-0.2, 0) is 0 Å². The van der Waals surface area contributed by atoms with E-state index >= 15 is 0 Å². The monoisotopic (exact) mass is 245 g/mol. The maximum atomic E-state index is 10.6. The van der Waals surface area contributed by atoms with Crippen LogP contribution < -0.4 is 4.90 Å². The molecule has 0 N–H and O–H groups in total. The van der Waals surface area contributed by atoms with E-state index in [1.165, 1.54) is 11.6 Å². The van der Waals surface area contributed by atoms with E-state index in [1.807, 2.05) is 24.3 Å². The molecule has 0 amide bonds. The molecule has 3 heteroatoms. The normalized spacial score (nSPS) is 17.2. The highest BCUT2D eigenvalue weighted by molar-refractivity contribution is 5.75. The zero-order valence-corrected chi connectivity index (χ0v) is 11.2. The van der Waals surface area contributed by atoms with Crippen LogP contribution in [0.5, 0.6) is 0 Å². The molecular formula is C15H21N2O. The molecule has 1 heterocycles.